The third kappa shape index (κ3) is 4.33. The maximum Gasteiger partial charge on any atom is 0.251 e. The van der Waals surface area contributed by atoms with Gasteiger partial charge in [0.25, 0.3) is 5.56 Å². The molecule has 1 atom stereocenters. The molecule has 120 valence electrons. The summed E-state index contributed by atoms with van der Waals surface area (Å²) >= 11 is 1.17. The van der Waals surface area contributed by atoms with Gasteiger partial charge < -0.3 is 15.2 Å². The Morgan fingerprint density at radius 3 is 2.86 bits per heavy atom. The van der Waals surface area contributed by atoms with Gasteiger partial charge in [-0.3, -0.25) is 14.4 Å². The molecule has 0 radical (unpaired) electrons. The Morgan fingerprint density at radius 1 is 1.55 bits per heavy atom. The summed E-state index contributed by atoms with van der Waals surface area (Å²) in [4.78, 5) is 43.5. The van der Waals surface area contributed by atoms with Crippen LogP contribution in [0.4, 0.5) is 0 Å². The minimum atomic E-state index is -0.232. The van der Waals surface area contributed by atoms with Gasteiger partial charge in [0.05, 0.1) is 11.8 Å². The first-order chi connectivity index (χ1) is 10.3. The molecule has 1 aliphatic rings. The fourth-order valence-electron chi connectivity index (χ4n) is 2.35. The second-order valence-electron chi connectivity index (χ2n) is 5.59. The fraction of sp³-hybridized carbons (Fsp3) is 0.571. The van der Waals surface area contributed by atoms with E-state index in [-0.39, 0.29) is 35.2 Å². The van der Waals surface area contributed by atoms with Crippen LogP contribution in [0.3, 0.4) is 0 Å². The normalized spacial score (nSPS) is 18.1. The van der Waals surface area contributed by atoms with Crippen molar-refractivity contribution < 1.29 is 9.59 Å². The van der Waals surface area contributed by atoms with Crippen molar-refractivity contribution in [1.82, 2.24) is 20.2 Å². The van der Waals surface area contributed by atoms with E-state index in [1.807, 2.05) is 13.8 Å². The van der Waals surface area contributed by atoms with Gasteiger partial charge in [0.1, 0.15) is 0 Å². The van der Waals surface area contributed by atoms with E-state index in [1.54, 1.807) is 11.8 Å². The van der Waals surface area contributed by atoms with Gasteiger partial charge in [0, 0.05) is 30.8 Å². The molecular weight excluding hydrogens is 304 g/mol. The zero-order chi connectivity index (χ0) is 16.3. The minimum absolute atomic E-state index is 0.0673. The number of hydrogen-bond donors (Lipinski definition) is 2. The SMILES string of the molecule is Cc1cc(=O)[nH]c(SCC(=O)NC2CC(=O)N(C(C)C)C2)n1. The average molecular weight is 324 g/mol. The van der Waals surface area contributed by atoms with Crippen molar-refractivity contribution in [3.8, 4) is 0 Å². The number of aromatic amines is 1. The van der Waals surface area contributed by atoms with E-state index in [2.05, 4.69) is 15.3 Å². The minimum Gasteiger partial charge on any atom is -0.350 e. The number of hydrogen-bond acceptors (Lipinski definition) is 5. The van der Waals surface area contributed by atoms with E-state index in [0.717, 1.165) is 0 Å². The standard InChI is InChI=1S/C14H20N4O3S/c1-8(2)18-6-10(5-13(18)21)16-12(20)7-22-14-15-9(3)4-11(19)17-14/h4,8,10H,5-7H2,1-3H3,(H,16,20)(H,15,17,19). The van der Waals surface area contributed by atoms with E-state index in [4.69, 9.17) is 0 Å². The molecule has 2 rings (SSSR count). The Morgan fingerprint density at radius 2 is 2.27 bits per heavy atom. The number of likely N-dealkylation sites (tertiary alicyclic amines) is 1. The molecule has 0 spiro atoms. The van der Waals surface area contributed by atoms with Gasteiger partial charge in [0.15, 0.2) is 5.16 Å². The first-order valence-corrected chi connectivity index (χ1v) is 8.13. The molecule has 1 aliphatic heterocycles. The number of nitrogens with zero attached hydrogens (tertiary/aromatic N) is 2. The predicted octanol–water partition coefficient (Wildman–Crippen LogP) is 0.296. The van der Waals surface area contributed by atoms with Crippen LogP contribution >= 0.6 is 11.8 Å². The van der Waals surface area contributed by atoms with Crippen molar-refractivity contribution in [3.05, 3.63) is 22.1 Å². The maximum absolute atomic E-state index is 11.9. The zero-order valence-electron chi connectivity index (χ0n) is 12.9. The smallest absolute Gasteiger partial charge is 0.251 e. The number of carbonyl (C=O) groups excluding carboxylic acids is 2. The van der Waals surface area contributed by atoms with Crippen molar-refractivity contribution in [2.75, 3.05) is 12.3 Å². The van der Waals surface area contributed by atoms with Gasteiger partial charge in [-0.25, -0.2) is 4.98 Å². The van der Waals surface area contributed by atoms with Crippen molar-refractivity contribution in [1.29, 1.82) is 0 Å². The number of nitrogens with one attached hydrogen (secondary N) is 2. The number of aryl methyl sites for hydroxylation is 1. The summed E-state index contributed by atoms with van der Waals surface area (Å²) in [7, 11) is 0. The lowest BCUT2D eigenvalue weighted by atomic mass is 10.2. The summed E-state index contributed by atoms with van der Waals surface area (Å²) in [5.41, 5.74) is 0.380. The van der Waals surface area contributed by atoms with Gasteiger partial charge in [-0.05, 0) is 20.8 Å². The second kappa shape index (κ2) is 6.95. The maximum atomic E-state index is 11.9. The second-order valence-corrected chi connectivity index (χ2v) is 6.55. The van der Waals surface area contributed by atoms with Crippen molar-refractivity contribution in [3.63, 3.8) is 0 Å². The lowest BCUT2D eigenvalue weighted by Crippen LogP contribution is -2.39. The third-order valence-electron chi connectivity index (χ3n) is 3.33. The van der Waals surface area contributed by atoms with E-state index in [9.17, 15) is 14.4 Å². The number of thioether (sulfide) groups is 1. The van der Waals surface area contributed by atoms with Crippen LogP contribution in [0.25, 0.3) is 0 Å². The average Bonchev–Trinajstić information content (AvgIpc) is 2.76. The lowest BCUT2D eigenvalue weighted by Gasteiger charge is -2.21. The van der Waals surface area contributed by atoms with Crippen molar-refractivity contribution >= 4 is 23.6 Å². The third-order valence-corrected chi connectivity index (χ3v) is 4.21. The molecule has 1 fully saturated rings. The van der Waals surface area contributed by atoms with Gasteiger partial charge in [-0.1, -0.05) is 11.8 Å². The molecule has 1 saturated heterocycles. The zero-order valence-corrected chi connectivity index (χ0v) is 13.7. The number of aromatic nitrogens is 2. The molecule has 2 heterocycles. The Bertz CT molecular complexity index is 629. The summed E-state index contributed by atoms with van der Waals surface area (Å²) in [6.45, 7) is 6.19. The molecule has 22 heavy (non-hydrogen) atoms. The molecule has 0 bridgehead atoms. The van der Waals surface area contributed by atoms with E-state index >= 15 is 0 Å². The quantitative estimate of drug-likeness (QED) is 0.600. The molecule has 8 heteroatoms. The number of carbonyl (C=O) groups is 2. The van der Waals surface area contributed by atoms with Crippen LogP contribution in [-0.4, -0.2) is 51.1 Å². The van der Waals surface area contributed by atoms with Gasteiger partial charge in [0.2, 0.25) is 11.8 Å². The first kappa shape index (κ1) is 16.5. The fourth-order valence-corrected chi connectivity index (χ4v) is 3.08. The van der Waals surface area contributed by atoms with Crippen LogP contribution in [-0.2, 0) is 9.59 Å². The molecule has 2 amide bonds. The molecule has 1 aromatic heterocycles. The topological polar surface area (TPSA) is 95.2 Å². The molecule has 1 unspecified atom stereocenters. The van der Waals surface area contributed by atoms with Crippen LogP contribution < -0.4 is 10.9 Å². The molecule has 1 aromatic rings. The Hall–Kier alpha value is -1.83. The molecule has 0 aliphatic carbocycles. The molecule has 0 saturated carbocycles. The summed E-state index contributed by atoms with van der Waals surface area (Å²) in [5.74, 6) is 0.0499. The van der Waals surface area contributed by atoms with Crippen LogP contribution in [0.15, 0.2) is 16.0 Å². The number of amides is 2. The van der Waals surface area contributed by atoms with E-state index in [1.165, 1.54) is 17.8 Å². The van der Waals surface area contributed by atoms with Gasteiger partial charge >= 0.3 is 0 Å². The van der Waals surface area contributed by atoms with E-state index < -0.39 is 0 Å². The monoisotopic (exact) mass is 324 g/mol. The van der Waals surface area contributed by atoms with E-state index in [0.29, 0.717) is 23.8 Å². The molecule has 0 aromatic carbocycles. The summed E-state index contributed by atoms with van der Waals surface area (Å²) in [6.07, 6.45) is 0.341. The Kier molecular flexibility index (Phi) is 5.23. The summed E-state index contributed by atoms with van der Waals surface area (Å²) in [6, 6.07) is 1.40. The highest BCUT2D eigenvalue weighted by Crippen LogP contribution is 2.15. The summed E-state index contributed by atoms with van der Waals surface area (Å²) in [5, 5.41) is 3.27. The van der Waals surface area contributed by atoms with Gasteiger partial charge in [-0.15, -0.1) is 0 Å². The molecule has 2 N–H and O–H groups in total. The highest BCUT2D eigenvalue weighted by molar-refractivity contribution is 7.99. The molecule has 7 nitrogen and oxygen atoms in total. The van der Waals surface area contributed by atoms with Crippen LogP contribution in [0.5, 0.6) is 0 Å². The highest BCUT2D eigenvalue weighted by Gasteiger charge is 2.31. The largest absolute Gasteiger partial charge is 0.350 e. The van der Waals surface area contributed by atoms with Crippen molar-refractivity contribution in [2.24, 2.45) is 0 Å². The lowest BCUT2D eigenvalue weighted by molar-refractivity contribution is -0.129. The number of H-pyrrole nitrogens is 1. The Balaban J connectivity index is 1.84. The summed E-state index contributed by atoms with van der Waals surface area (Å²) < 4.78 is 0. The van der Waals surface area contributed by atoms with Crippen LogP contribution in [0.1, 0.15) is 26.0 Å². The highest BCUT2D eigenvalue weighted by atomic mass is 32.2. The van der Waals surface area contributed by atoms with Gasteiger partial charge in [-0.2, -0.15) is 0 Å². The van der Waals surface area contributed by atoms with Crippen LogP contribution in [0, 0.1) is 6.92 Å². The molecular formula is C14H20N4O3S. The Labute approximate surface area is 132 Å². The number of rotatable bonds is 5. The van der Waals surface area contributed by atoms with Crippen molar-refractivity contribution in [2.45, 2.75) is 44.4 Å². The first-order valence-electron chi connectivity index (χ1n) is 7.14. The van der Waals surface area contributed by atoms with Crippen LogP contribution in [0.2, 0.25) is 0 Å². The predicted molar refractivity (Wildman–Crippen MR) is 83.7 cm³/mol.